The second-order valence-electron chi connectivity index (χ2n) is 10.3. The van der Waals surface area contributed by atoms with Gasteiger partial charge in [0.05, 0.1) is 0 Å². The Hall–Kier alpha value is -2.24. The van der Waals surface area contributed by atoms with Gasteiger partial charge >= 0.3 is 0 Å². The zero-order valence-corrected chi connectivity index (χ0v) is 20.9. The highest BCUT2D eigenvalue weighted by Crippen LogP contribution is 2.35. The first-order valence-corrected chi connectivity index (χ1v) is 12.3. The van der Waals surface area contributed by atoms with Crippen molar-refractivity contribution < 1.29 is 14.3 Å². The van der Waals surface area contributed by atoms with Gasteiger partial charge in [-0.25, -0.2) is 0 Å². The molecule has 0 N–H and O–H groups in total. The fourth-order valence-electron chi connectivity index (χ4n) is 5.59. The molecule has 2 fully saturated rings. The molecule has 0 spiro atoms. The van der Waals surface area contributed by atoms with Crippen LogP contribution in [-0.4, -0.2) is 62.9 Å². The van der Waals surface area contributed by atoms with E-state index in [0.717, 1.165) is 67.0 Å². The third kappa shape index (κ3) is 5.15. The minimum atomic E-state index is 0.142. The van der Waals surface area contributed by atoms with Gasteiger partial charge in [0.15, 0.2) is 11.6 Å². The third-order valence-electron chi connectivity index (χ3n) is 7.67. The van der Waals surface area contributed by atoms with Crippen molar-refractivity contribution in [3.8, 4) is 0 Å². The van der Waals surface area contributed by atoms with E-state index in [-0.39, 0.29) is 11.6 Å². The molecule has 3 aliphatic rings. The van der Waals surface area contributed by atoms with E-state index in [1.165, 1.54) is 11.3 Å². The summed E-state index contributed by atoms with van der Waals surface area (Å²) >= 11 is 0. The molecule has 1 aromatic carbocycles. The molecule has 0 saturated carbocycles. The number of allylic oxidation sites excluding steroid dienone is 4. The molecular weight excluding hydrogens is 412 g/mol. The van der Waals surface area contributed by atoms with E-state index in [9.17, 15) is 9.59 Å². The molecule has 33 heavy (non-hydrogen) atoms. The molecule has 178 valence electrons. The number of hydrogen-bond donors (Lipinski definition) is 0. The van der Waals surface area contributed by atoms with E-state index >= 15 is 0 Å². The van der Waals surface area contributed by atoms with Crippen molar-refractivity contribution >= 4 is 17.3 Å². The first-order chi connectivity index (χ1) is 15.7. The van der Waals surface area contributed by atoms with Crippen molar-refractivity contribution in [2.75, 3.05) is 45.3 Å². The molecule has 5 heteroatoms. The molecule has 2 saturated heterocycles. The summed E-state index contributed by atoms with van der Waals surface area (Å²) in [6.45, 7) is 9.71. The number of nitrogens with zero attached hydrogens (tertiary/aromatic N) is 2. The monoisotopic (exact) mass is 450 g/mol. The van der Waals surface area contributed by atoms with E-state index in [1.54, 1.807) is 0 Å². The average Bonchev–Trinajstić information content (AvgIpc) is 2.76. The van der Waals surface area contributed by atoms with Crippen molar-refractivity contribution in [1.29, 1.82) is 0 Å². The standard InChI is InChI=1S/C28H38N2O3/c1-18-12-19(2)24(28(32)13-18)6-7-27(31)25-14-21(22-16-29(4)17-22)15-26(20(25)3)30(5)23-8-10-33-11-9-23/h12,14-15,22-23H,6-11,13,16-17H2,1-5H3. The quantitative estimate of drug-likeness (QED) is 0.557. The number of hydrogen-bond acceptors (Lipinski definition) is 5. The molecule has 5 nitrogen and oxygen atoms in total. The predicted octanol–water partition coefficient (Wildman–Crippen LogP) is 4.84. The van der Waals surface area contributed by atoms with Gasteiger partial charge in [0.2, 0.25) is 0 Å². The summed E-state index contributed by atoms with van der Waals surface area (Å²) in [4.78, 5) is 30.7. The second kappa shape index (κ2) is 9.94. The Morgan fingerprint density at radius 3 is 2.48 bits per heavy atom. The zero-order valence-electron chi connectivity index (χ0n) is 20.9. The summed E-state index contributed by atoms with van der Waals surface area (Å²) in [6, 6.07) is 4.87. The molecule has 0 bridgehead atoms. The first-order valence-electron chi connectivity index (χ1n) is 12.3. The van der Waals surface area contributed by atoms with Gasteiger partial charge in [-0.1, -0.05) is 11.6 Å². The lowest BCUT2D eigenvalue weighted by atomic mass is 9.85. The van der Waals surface area contributed by atoms with Gasteiger partial charge in [0.25, 0.3) is 0 Å². The number of likely N-dealkylation sites (tertiary alicyclic amines) is 1. The van der Waals surface area contributed by atoms with Gasteiger partial charge in [-0.05, 0) is 81.5 Å². The van der Waals surface area contributed by atoms with E-state index in [0.29, 0.717) is 31.2 Å². The normalized spacial score (nSPS) is 20.6. The fourth-order valence-corrected chi connectivity index (χ4v) is 5.59. The van der Waals surface area contributed by atoms with Gasteiger partial charge in [-0.15, -0.1) is 0 Å². The number of carbonyl (C=O) groups is 2. The predicted molar refractivity (Wildman–Crippen MR) is 133 cm³/mol. The number of Topliss-reactive ketones (excluding diaryl/α,β-unsaturated/α-hetero) is 2. The van der Waals surface area contributed by atoms with Gasteiger partial charge in [0.1, 0.15) is 0 Å². The molecule has 0 atom stereocenters. The van der Waals surface area contributed by atoms with Gasteiger partial charge in [-0.3, -0.25) is 9.59 Å². The van der Waals surface area contributed by atoms with E-state index < -0.39 is 0 Å². The number of ketones is 2. The number of rotatable bonds is 7. The van der Waals surface area contributed by atoms with Crippen LogP contribution in [0.4, 0.5) is 5.69 Å². The van der Waals surface area contributed by atoms with Crippen molar-refractivity contribution in [1.82, 2.24) is 4.90 Å². The summed E-state index contributed by atoms with van der Waals surface area (Å²) in [5, 5.41) is 0. The number of carbonyl (C=O) groups excluding carboxylic acids is 2. The second-order valence-corrected chi connectivity index (χ2v) is 10.3. The van der Waals surface area contributed by atoms with E-state index in [1.807, 2.05) is 13.8 Å². The zero-order chi connectivity index (χ0) is 23.7. The molecule has 0 unspecified atom stereocenters. The van der Waals surface area contributed by atoms with E-state index in [2.05, 4.69) is 49.0 Å². The van der Waals surface area contributed by atoms with Crippen LogP contribution in [0.2, 0.25) is 0 Å². The number of benzene rings is 1. The largest absolute Gasteiger partial charge is 0.381 e. The Morgan fingerprint density at radius 2 is 1.85 bits per heavy atom. The smallest absolute Gasteiger partial charge is 0.163 e. The molecule has 0 aromatic heterocycles. The molecular formula is C28H38N2O3. The fraction of sp³-hybridized carbons (Fsp3) is 0.571. The summed E-state index contributed by atoms with van der Waals surface area (Å²) < 4.78 is 5.57. The van der Waals surface area contributed by atoms with Crippen LogP contribution < -0.4 is 4.90 Å². The van der Waals surface area contributed by atoms with Gasteiger partial charge < -0.3 is 14.5 Å². The van der Waals surface area contributed by atoms with Crippen molar-refractivity contribution in [2.24, 2.45) is 0 Å². The topological polar surface area (TPSA) is 49.9 Å². The maximum atomic E-state index is 13.5. The summed E-state index contributed by atoms with van der Waals surface area (Å²) in [5.74, 6) is 0.785. The molecule has 1 aliphatic carbocycles. The minimum Gasteiger partial charge on any atom is -0.381 e. The van der Waals surface area contributed by atoms with Gasteiger partial charge in [-0.2, -0.15) is 0 Å². The summed E-state index contributed by atoms with van der Waals surface area (Å²) in [7, 11) is 4.30. The van der Waals surface area contributed by atoms with Crippen molar-refractivity contribution in [3.05, 3.63) is 51.6 Å². The van der Waals surface area contributed by atoms with Crippen LogP contribution in [-0.2, 0) is 9.53 Å². The van der Waals surface area contributed by atoms with Crippen LogP contribution in [0.15, 0.2) is 34.9 Å². The Kier molecular flexibility index (Phi) is 7.20. The highest BCUT2D eigenvalue weighted by molar-refractivity contribution is 6.02. The molecule has 4 rings (SSSR count). The van der Waals surface area contributed by atoms with Crippen LogP contribution in [0.25, 0.3) is 0 Å². The Labute approximate surface area is 198 Å². The van der Waals surface area contributed by atoms with Crippen LogP contribution in [0.1, 0.15) is 73.4 Å². The Balaban J connectivity index is 1.60. The highest BCUT2D eigenvalue weighted by atomic mass is 16.5. The summed E-state index contributed by atoms with van der Waals surface area (Å²) in [5.41, 5.74) is 7.24. The lowest BCUT2D eigenvalue weighted by Gasteiger charge is -2.39. The highest BCUT2D eigenvalue weighted by Gasteiger charge is 2.29. The van der Waals surface area contributed by atoms with Crippen LogP contribution in [0, 0.1) is 6.92 Å². The van der Waals surface area contributed by atoms with Crippen molar-refractivity contribution in [2.45, 2.75) is 64.8 Å². The van der Waals surface area contributed by atoms with Crippen molar-refractivity contribution in [3.63, 3.8) is 0 Å². The average molecular weight is 451 g/mol. The number of ether oxygens (including phenoxy) is 1. The van der Waals surface area contributed by atoms with Crippen LogP contribution in [0.5, 0.6) is 0 Å². The third-order valence-corrected chi connectivity index (χ3v) is 7.67. The van der Waals surface area contributed by atoms with E-state index in [4.69, 9.17) is 4.74 Å². The lowest BCUT2D eigenvalue weighted by Crippen LogP contribution is -2.42. The number of likely N-dealkylation sites (N-methyl/N-ethyl adjacent to an activating group) is 1. The maximum absolute atomic E-state index is 13.5. The minimum absolute atomic E-state index is 0.142. The molecule has 1 aromatic rings. The maximum Gasteiger partial charge on any atom is 0.163 e. The van der Waals surface area contributed by atoms with Crippen LogP contribution >= 0.6 is 0 Å². The molecule has 0 radical (unpaired) electrons. The summed E-state index contributed by atoms with van der Waals surface area (Å²) in [6.07, 6.45) is 5.48. The van der Waals surface area contributed by atoms with Crippen LogP contribution in [0.3, 0.4) is 0 Å². The molecule has 2 aliphatic heterocycles. The Bertz CT molecular complexity index is 995. The molecule has 2 heterocycles. The molecule has 0 amide bonds. The SMILES string of the molecule is CC1=CC(C)=C(CCC(=O)c2cc(C3CN(C)C3)cc(N(C)C3CCOCC3)c2C)C(=O)C1. The van der Waals surface area contributed by atoms with Gasteiger partial charge in [0, 0.05) is 69.4 Å². The first kappa shape index (κ1) is 23.9. The lowest BCUT2D eigenvalue weighted by molar-refractivity contribution is -0.115. The number of anilines is 1. The Morgan fingerprint density at radius 1 is 1.15 bits per heavy atom.